The normalized spacial score (nSPS) is 12.0. The standard InChI is InChI=1S/C12H27ClS3Si/c13-17(10-4-1-7-14,11-5-2-8-15)12-6-3-9-16/h14-16H,1-12H2. The Kier molecular flexibility index (Phi) is 13.7. The van der Waals surface area contributed by atoms with Crippen LogP contribution in [-0.2, 0) is 0 Å². The molecule has 0 heterocycles. The van der Waals surface area contributed by atoms with Crippen LogP contribution in [0.2, 0.25) is 18.1 Å². The van der Waals surface area contributed by atoms with Crippen molar-refractivity contribution in [2.45, 2.75) is 56.7 Å². The van der Waals surface area contributed by atoms with Crippen molar-refractivity contribution in [1.82, 2.24) is 0 Å². The van der Waals surface area contributed by atoms with Crippen molar-refractivity contribution >= 4 is 56.3 Å². The van der Waals surface area contributed by atoms with Gasteiger partial charge in [-0.15, -0.1) is 0 Å². The molecule has 0 unspecified atom stereocenters. The first kappa shape index (κ1) is 18.6. The maximum Gasteiger partial charge on any atom is 0.156 e. The Balaban J connectivity index is 3.95. The molecule has 0 bridgehead atoms. The average Bonchev–Trinajstić information content (AvgIpc) is 2.30. The minimum atomic E-state index is -1.49. The minimum Gasteiger partial charge on any atom is -0.179 e. The van der Waals surface area contributed by atoms with Crippen LogP contribution in [0.1, 0.15) is 38.5 Å². The van der Waals surface area contributed by atoms with Crippen molar-refractivity contribution < 1.29 is 0 Å². The van der Waals surface area contributed by atoms with Gasteiger partial charge in [0.25, 0.3) is 0 Å². The number of thiol groups is 3. The molecular weight excluding hydrogens is 304 g/mol. The van der Waals surface area contributed by atoms with Crippen LogP contribution in [0.4, 0.5) is 0 Å². The van der Waals surface area contributed by atoms with E-state index in [0.717, 1.165) is 17.3 Å². The van der Waals surface area contributed by atoms with E-state index in [4.69, 9.17) is 11.1 Å². The van der Waals surface area contributed by atoms with Crippen molar-refractivity contribution in [3.63, 3.8) is 0 Å². The average molecular weight is 331 g/mol. The monoisotopic (exact) mass is 330 g/mol. The number of rotatable bonds is 12. The lowest BCUT2D eigenvalue weighted by atomic mass is 10.4. The Hall–Kier alpha value is 1.56. The largest absolute Gasteiger partial charge is 0.179 e. The molecule has 0 spiro atoms. The van der Waals surface area contributed by atoms with E-state index in [1.807, 2.05) is 0 Å². The highest BCUT2D eigenvalue weighted by Crippen LogP contribution is 2.32. The van der Waals surface area contributed by atoms with Gasteiger partial charge in [0.05, 0.1) is 0 Å². The second-order valence-electron chi connectivity index (χ2n) is 4.69. The predicted molar refractivity (Wildman–Crippen MR) is 95.3 cm³/mol. The summed E-state index contributed by atoms with van der Waals surface area (Å²) in [6.45, 7) is 0. The molecule has 0 radical (unpaired) electrons. The van der Waals surface area contributed by atoms with Gasteiger partial charge < -0.3 is 0 Å². The second kappa shape index (κ2) is 12.6. The van der Waals surface area contributed by atoms with Gasteiger partial charge in [0.2, 0.25) is 0 Å². The fourth-order valence-electron chi connectivity index (χ4n) is 2.04. The van der Waals surface area contributed by atoms with Gasteiger partial charge in [0.1, 0.15) is 0 Å². The molecule has 0 atom stereocenters. The van der Waals surface area contributed by atoms with E-state index in [1.54, 1.807) is 0 Å². The molecule has 17 heavy (non-hydrogen) atoms. The first-order valence-corrected chi connectivity index (χ1v) is 12.2. The molecule has 0 N–H and O–H groups in total. The van der Waals surface area contributed by atoms with Crippen LogP contribution >= 0.6 is 49.0 Å². The topological polar surface area (TPSA) is 0 Å². The number of hydrogen-bond acceptors (Lipinski definition) is 3. The van der Waals surface area contributed by atoms with Crippen LogP contribution in [-0.4, -0.2) is 24.6 Å². The smallest absolute Gasteiger partial charge is 0.156 e. The molecule has 0 rings (SSSR count). The molecule has 0 fully saturated rings. The molecule has 0 aliphatic carbocycles. The van der Waals surface area contributed by atoms with Crippen LogP contribution in [0.3, 0.4) is 0 Å². The highest BCUT2D eigenvalue weighted by Gasteiger charge is 2.28. The van der Waals surface area contributed by atoms with Crippen molar-refractivity contribution in [3.8, 4) is 0 Å². The summed E-state index contributed by atoms with van der Waals surface area (Å²) in [5.41, 5.74) is 0. The molecule has 0 aliphatic rings. The van der Waals surface area contributed by atoms with Gasteiger partial charge in [-0.25, -0.2) is 0 Å². The van der Waals surface area contributed by atoms with Crippen molar-refractivity contribution in [2.75, 3.05) is 17.3 Å². The molecular formula is C12H27ClS3Si. The summed E-state index contributed by atoms with van der Waals surface area (Å²) in [7, 11) is -1.49. The van der Waals surface area contributed by atoms with Gasteiger partial charge in [0.15, 0.2) is 7.38 Å². The minimum absolute atomic E-state index is 0.995. The van der Waals surface area contributed by atoms with Crippen LogP contribution < -0.4 is 0 Å². The Morgan fingerprint density at radius 1 is 0.588 bits per heavy atom. The summed E-state index contributed by atoms with van der Waals surface area (Å²) in [6, 6.07) is 3.82. The highest BCUT2D eigenvalue weighted by atomic mass is 35.6. The summed E-state index contributed by atoms with van der Waals surface area (Å²) in [5, 5.41) is 0. The maximum atomic E-state index is 6.91. The molecule has 0 saturated carbocycles. The third kappa shape index (κ3) is 11.1. The van der Waals surface area contributed by atoms with Crippen LogP contribution in [0.15, 0.2) is 0 Å². The molecule has 0 aromatic carbocycles. The van der Waals surface area contributed by atoms with E-state index < -0.39 is 7.38 Å². The third-order valence-corrected chi connectivity index (χ3v) is 9.50. The zero-order valence-electron chi connectivity index (χ0n) is 10.7. The van der Waals surface area contributed by atoms with E-state index in [0.29, 0.717) is 0 Å². The van der Waals surface area contributed by atoms with Gasteiger partial charge in [-0.3, -0.25) is 0 Å². The fraction of sp³-hybridized carbons (Fsp3) is 1.00. The van der Waals surface area contributed by atoms with Gasteiger partial charge in [-0.1, -0.05) is 19.3 Å². The lowest BCUT2D eigenvalue weighted by Crippen LogP contribution is -2.26. The summed E-state index contributed by atoms with van der Waals surface area (Å²) in [4.78, 5) is 0. The molecule has 0 amide bonds. The zero-order valence-corrected chi connectivity index (χ0v) is 15.1. The first-order chi connectivity index (χ1) is 8.18. The van der Waals surface area contributed by atoms with E-state index in [1.165, 1.54) is 56.7 Å². The summed E-state index contributed by atoms with van der Waals surface area (Å²) < 4.78 is 0. The van der Waals surface area contributed by atoms with E-state index in [2.05, 4.69) is 37.9 Å². The van der Waals surface area contributed by atoms with Crippen LogP contribution in [0.25, 0.3) is 0 Å². The molecule has 5 heteroatoms. The van der Waals surface area contributed by atoms with Crippen molar-refractivity contribution in [3.05, 3.63) is 0 Å². The van der Waals surface area contributed by atoms with Gasteiger partial charge in [-0.05, 0) is 54.7 Å². The number of unbranched alkanes of at least 4 members (excludes halogenated alkanes) is 3. The van der Waals surface area contributed by atoms with Crippen molar-refractivity contribution in [2.24, 2.45) is 0 Å². The predicted octanol–water partition coefficient (Wildman–Crippen LogP) is 5.30. The lowest BCUT2D eigenvalue weighted by Gasteiger charge is -2.24. The molecule has 104 valence electrons. The van der Waals surface area contributed by atoms with E-state index >= 15 is 0 Å². The van der Waals surface area contributed by atoms with Crippen LogP contribution in [0, 0.1) is 0 Å². The third-order valence-electron chi connectivity index (χ3n) is 3.10. The Labute approximate surface area is 130 Å². The van der Waals surface area contributed by atoms with Gasteiger partial charge in [0, 0.05) is 0 Å². The quantitative estimate of drug-likeness (QED) is 0.184. The Bertz CT molecular complexity index is 143. The first-order valence-electron chi connectivity index (χ1n) is 6.70. The fourth-order valence-corrected chi connectivity index (χ4v) is 7.31. The summed E-state index contributed by atoms with van der Waals surface area (Å²) in [5.74, 6) is 2.98. The SMILES string of the molecule is SCCCC[Si](Cl)(CCCCS)CCCCS. The summed E-state index contributed by atoms with van der Waals surface area (Å²) in [6.07, 6.45) is 7.43. The summed E-state index contributed by atoms with van der Waals surface area (Å²) >= 11 is 19.7. The molecule has 0 aliphatic heterocycles. The maximum absolute atomic E-state index is 6.91. The Morgan fingerprint density at radius 3 is 1.12 bits per heavy atom. The molecule has 0 aromatic rings. The molecule has 0 saturated heterocycles. The highest BCUT2D eigenvalue weighted by molar-refractivity contribution is 7.80. The number of halogens is 1. The van der Waals surface area contributed by atoms with Crippen molar-refractivity contribution in [1.29, 1.82) is 0 Å². The van der Waals surface area contributed by atoms with Crippen LogP contribution in [0.5, 0.6) is 0 Å². The lowest BCUT2D eigenvalue weighted by molar-refractivity contribution is 0.816. The molecule has 0 nitrogen and oxygen atoms in total. The molecule has 0 aromatic heterocycles. The van der Waals surface area contributed by atoms with E-state index in [-0.39, 0.29) is 0 Å². The van der Waals surface area contributed by atoms with E-state index in [9.17, 15) is 0 Å². The zero-order chi connectivity index (χ0) is 13.0. The number of hydrogen-bond donors (Lipinski definition) is 3. The second-order valence-corrected chi connectivity index (χ2v) is 12.2. The Morgan fingerprint density at radius 2 is 0.882 bits per heavy atom. The van der Waals surface area contributed by atoms with Gasteiger partial charge in [-0.2, -0.15) is 49.0 Å². The van der Waals surface area contributed by atoms with Gasteiger partial charge >= 0.3 is 0 Å².